The van der Waals surface area contributed by atoms with Crippen molar-refractivity contribution in [3.8, 4) is 5.75 Å². The van der Waals surface area contributed by atoms with Crippen molar-refractivity contribution in [2.24, 2.45) is 0 Å². The smallest absolute Gasteiger partial charge is 0.265 e. The summed E-state index contributed by atoms with van der Waals surface area (Å²) in [5.41, 5.74) is 2.84. The van der Waals surface area contributed by atoms with E-state index in [0.717, 1.165) is 37.4 Å². The van der Waals surface area contributed by atoms with E-state index in [4.69, 9.17) is 4.74 Å². The number of carbonyl (C=O) groups is 2. The molecule has 2 fully saturated rings. The summed E-state index contributed by atoms with van der Waals surface area (Å²) in [6.45, 7) is 4.69. The van der Waals surface area contributed by atoms with Gasteiger partial charge in [-0.25, -0.2) is 0 Å². The number of piperidine rings is 1. The molecule has 0 aliphatic carbocycles. The lowest BCUT2D eigenvalue weighted by Gasteiger charge is -2.28. The van der Waals surface area contributed by atoms with Gasteiger partial charge in [-0.15, -0.1) is 0 Å². The predicted octanol–water partition coefficient (Wildman–Crippen LogP) is 4.21. The molecule has 2 aromatic rings. The minimum atomic E-state index is -0.633. The Hall–Kier alpha value is -3.02. The number of rotatable bonds is 6. The van der Waals surface area contributed by atoms with Crippen molar-refractivity contribution in [1.82, 2.24) is 0 Å². The highest BCUT2D eigenvalue weighted by atomic mass is 16.5. The lowest BCUT2D eigenvalue weighted by molar-refractivity contribution is -0.122. The van der Waals surface area contributed by atoms with Crippen molar-refractivity contribution < 1.29 is 14.3 Å². The fourth-order valence-electron chi connectivity index (χ4n) is 4.04. The fourth-order valence-corrected chi connectivity index (χ4v) is 4.04. The van der Waals surface area contributed by atoms with Crippen LogP contribution in [-0.2, 0) is 9.59 Å². The summed E-state index contributed by atoms with van der Waals surface area (Å²) in [6.07, 6.45) is 4.65. The molecule has 0 aromatic heterocycles. The Morgan fingerprint density at radius 1 is 0.900 bits per heavy atom. The zero-order valence-corrected chi connectivity index (χ0v) is 17.5. The first-order valence-electron chi connectivity index (χ1n) is 10.8. The van der Waals surface area contributed by atoms with Crippen LogP contribution < -0.4 is 19.9 Å². The molecule has 0 bridgehead atoms. The molecule has 2 amide bonds. The Bertz CT molecular complexity index is 874. The van der Waals surface area contributed by atoms with E-state index in [1.54, 1.807) is 24.0 Å². The molecule has 1 N–H and O–H groups in total. The summed E-state index contributed by atoms with van der Waals surface area (Å²) >= 11 is 0. The molecular formula is C24H29N3O3. The lowest BCUT2D eigenvalue weighted by Crippen LogP contribution is -2.30. The van der Waals surface area contributed by atoms with Gasteiger partial charge in [0.25, 0.3) is 5.91 Å². The average molecular weight is 408 g/mol. The quantitative estimate of drug-likeness (QED) is 0.779. The topological polar surface area (TPSA) is 61.9 Å². The molecule has 30 heavy (non-hydrogen) atoms. The Balaban J connectivity index is 1.30. The number of ether oxygens (including phenoxy) is 1. The third-order valence-corrected chi connectivity index (χ3v) is 5.76. The van der Waals surface area contributed by atoms with Gasteiger partial charge in [-0.3, -0.25) is 9.59 Å². The van der Waals surface area contributed by atoms with Crippen LogP contribution in [0.1, 0.15) is 39.0 Å². The van der Waals surface area contributed by atoms with E-state index in [1.165, 1.54) is 24.9 Å². The van der Waals surface area contributed by atoms with Gasteiger partial charge in [-0.1, -0.05) is 0 Å². The molecule has 0 spiro atoms. The van der Waals surface area contributed by atoms with E-state index in [9.17, 15) is 9.59 Å². The minimum Gasteiger partial charge on any atom is -0.481 e. The van der Waals surface area contributed by atoms with Crippen molar-refractivity contribution in [2.45, 2.75) is 45.1 Å². The largest absolute Gasteiger partial charge is 0.481 e. The van der Waals surface area contributed by atoms with Gasteiger partial charge in [-0.2, -0.15) is 0 Å². The zero-order valence-electron chi connectivity index (χ0n) is 17.5. The van der Waals surface area contributed by atoms with Crippen LogP contribution >= 0.6 is 0 Å². The van der Waals surface area contributed by atoms with E-state index >= 15 is 0 Å². The van der Waals surface area contributed by atoms with Crippen molar-refractivity contribution >= 4 is 28.9 Å². The second-order valence-electron chi connectivity index (χ2n) is 7.99. The minimum absolute atomic E-state index is 0.155. The number of nitrogens with one attached hydrogen (secondary N) is 1. The van der Waals surface area contributed by atoms with Gasteiger partial charge in [0.05, 0.1) is 0 Å². The van der Waals surface area contributed by atoms with Gasteiger partial charge < -0.3 is 19.9 Å². The molecule has 1 atom stereocenters. The summed E-state index contributed by atoms with van der Waals surface area (Å²) < 4.78 is 5.79. The summed E-state index contributed by atoms with van der Waals surface area (Å²) in [6, 6.07) is 15.3. The average Bonchev–Trinajstić information content (AvgIpc) is 3.21. The third kappa shape index (κ3) is 4.75. The van der Waals surface area contributed by atoms with Crippen LogP contribution in [-0.4, -0.2) is 37.6 Å². The molecule has 2 heterocycles. The maximum atomic E-state index is 12.5. The van der Waals surface area contributed by atoms with Crippen molar-refractivity contribution in [2.75, 3.05) is 34.8 Å². The molecule has 0 saturated carbocycles. The second kappa shape index (κ2) is 9.20. The van der Waals surface area contributed by atoms with Crippen molar-refractivity contribution in [1.29, 1.82) is 0 Å². The Morgan fingerprint density at radius 3 is 2.20 bits per heavy atom. The summed E-state index contributed by atoms with van der Waals surface area (Å²) in [7, 11) is 0. The number of benzene rings is 2. The van der Waals surface area contributed by atoms with Crippen LogP contribution in [0.25, 0.3) is 0 Å². The zero-order chi connectivity index (χ0) is 20.9. The van der Waals surface area contributed by atoms with Gasteiger partial charge in [0, 0.05) is 43.1 Å². The molecule has 158 valence electrons. The Morgan fingerprint density at radius 2 is 1.57 bits per heavy atom. The Labute approximate surface area is 177 Å². The standard InChI is InChI=1S/C24H29N3O3/c1-18(30-22-13-11-21(12-14-22)27-17-5-6-23(27)28)24(29)25-19-7-9-20(10-8-19)26-15-3-2-4-16-26/h7-14,18H,2-6,15-17H2,1H3,(H,25,29)/t18-/m0/s1. The maximum absolute atomic E-state index is 12.5. The SMILES string of the molecule is C[C@H](Oc1ccc(N2CCCC2=O)cc1)C(=O)Nc1ccc(N2CCCCC2)cc1. The molecule has 0 unspecified atom stereocenters. The number of anilines is 3. The number of nitrogens with zero attached hydrogens (tertiary/aromatic N) is 2. The fraction of sp³-hybridized carbons (Fsp3) is 0.417. The monoisotopic (exact) mass is 407 g/mol. The molecular weight excluding hydrogens is 378 g/mol. The highest BCUT2D eigenvalue weighted by Crippen LogP contribution is 2.25. The molecule has 6 nitrogen and oxygen atoms in total. The molecule has 2 aliphatic rings. The van der Waals surface area contributed by atoms with E-state index in [2.05, 4.69) is 22.3 Å². The maximum Gasteiger partial charge on any atom is 0.265 e. The van der Waals surface area contributed by atoms with E-state index < -0.39 is 6.10 Å². The van der Waals surface area contributed by atoms with Gasteiger partial charge in [0.2, 0.25) is 5.91 Å². The highest BCUT2D eigenvalue weighted by molar-refractivity contribution is 5.95. The number of amides is 2. The summed E-state index contributed by atoms with van der Waals surface area (Å²) in [5, 5.41) is 2.92. The van der Waals surface area contributed by atoms with E-state index in [-0.39, 0.29) is 11.8 Å². The van der Waals surface area contributed by atoms with Gasteiger partial charge >= 0.3 is 0 Å². The van der Waals surface area contributed by atoms with Crippen LogP contribution in [0.15, 0.2) is 48.5 Å². The number of carbonyl (C=O) groups excluding carboxylic acids is 2. The Kier molecular flexibility index (Phi) is 6.21. The summed E-state index contributed by atoms with van der Waals surface area (Å²) in [5.74, 6) is 0.565. The lowest BCUT2D eigenvalue weighted by atomic mass is 10.1. The van der Waals surface area contributed by atoms with Crippen LogP contribution in [0.4, 0.5) is 17.1 Å². The van der Waals surface area contributed by atoms with Crippen LogP contribution in [0.5, 0.6) is 5.75 Å². The molecule has 2 saturated heterocycles. The predicted molar refractivity (Wildman–Crippen MR) is 119 cm³/mol. The van der Waals surface area contributed by atoms with Crippen molar-refractivity contribution in [3.05, 3.63) is 48.5 Å². The van der Waals surface area contributed by atoms with Crippen molar-refractivity contribution in [3.63, 3.8) is 0 Å². The molecule has 2 aliphatic heterocycles. The molecule has 4 rings (SSSR count). The molecule has 6 heteroatoms. The normalized spacial score (nSPS) is 17.7. The summed E-state index contributed by atoms with van der Waals surface area (Å²) in [4.78, 5) is 28.5. The molecule has 0 radical (unpaired) electrons. The first kappa shape index (κ1) is 20.3. The highest BCUT2D eigenvalue weighted by Gasteiger charge is 2.22. The number of hydrogen-bond acceptors (Lipinski definition) is 4. The van der Waals surface area contributed by atoms with Gasteiger partial charge in [-0.05, 0) is 81.1 Å². The molecule has 2 aromatic carbocycles. The van der Waals surface area contributed by atoms with Crippen LogP contribution in [0, 0.1) is 0 Å². The van der Waals surface area contributed by atoms with E-state index in [0.29, 0.717) is 12.2 Å². The van der Waals surface area contributed by atoms with E-state index in [1.807, 2.05) is 24.3 Å². The van der Waals surface area contributed by atoms with Gasteiger partial charge in [0.15, 0.2) is 6.10 Å². The van der Waals surface area contributed by atoms with Crippen LogP contribution in [0.2, 0.25) is 0 Å². The first-order chi connectivity index (χ1) is 14.6. The van der Waals surface area contributed by atoms with Gasteiger partial charge in [0.1, 0.15) is 5.75 Å². The first-order valence-corrected chi connectivity index (χ1v) is 10.8. The number of hydrogen-bond donors (Lipinski definition) is 1. The van der Waals surface area contributed by atoms with Crippen LogP contribution in [0.3, 0.4) is 0 Å². The third-order valence-electron chi connectivity index (χ3n) is 5.76. The second-order valence-corrected chi connectivity index (χ2v) is 7.99.